The van der Waals surface area contributed by atoms with Crippen molar-refractivity contribution < 1.29 is 8.42 Å². The van der Waals surface area contributed by atoms with Crippen LogP contribution in [0, 0.1) is 13.8 Å². The monoisotopic (exact) mass is 390 g/mol. The van der Waals surface area contributed by atoms with E-state index in [1.165, 1.54) is 10.4 Å². The molecular weight excluding hydrogens is 364 g/mol. The van der Waals surface area contributed by atoms with Crippen molar-refractivity contribution in [3.63, 3.8) is 0 Å². The fourth-order valence-electron chi connectivity index (χ4n) is 4.05. The summed E-state index contributed by atoms with van der Waals surface area (Å²) in [6.45, 7) is 7.33. The highest BCUT2D eigenvalue weighted by Crippen LogP contribution is 2.29. The quantitative estimate of drug-likeness (QED) is 0.804. The Morgan fingerprint density at radius 2 is 1.81 bits per heavy atom. The Morgan fingerprint density at radius 3 is 2.54 bits per heavy atom. The molecule has 1 fully saturated rings. The lowest BCUT2D eigenvalue weighted by molar-refractivity contribution is 0.127. The smallest absolute Gasteiger partial charge is 0.243 e. The first-order valence-electron chi connectivity index (χ1n) is 9.32. The first-order valence-corrected chi connectivity index (χ1v) is 11.6. The van der Waals surface area contributed by atoms with E-state index in [1.807, 2.05) is 31.3 Å². The molecule has 0 N–H and O–H groups in total. The predicted octanol–water partition coefficient (Wildman–Crippen LogP) is 3.58. The van der Waals surface area contributed by atoms with E-state index in [-0.39, 0.29) is 0 Å². The van der Waals surface area contributed by atoms with Gasteiger partial charge in [-0.15, -0.1) is 11.3 Å². The van der Waals surface area contributed by atoms with E-state index >= 15 is 0 Å². The molecule has 4 nitrogen and oxygen atoms in total. The number of nitrogens with zero attached hydrogens (tertiary/aromatic N) is 2. The summed E-state index contributed by atoms with van der Waals surface area (Å²) in [5.74, 6) is 0. The van der Waals surface area contributed by atoms with Gasteiger partial charge in [-0.05, 0) is 73.4 Å². The molecule has 0 saturated carbocycles. The van der Waals surface area contributed by atoms with Crippen LogP contribution in [0.15, 0.2) is 34.5 Å². The highest BCUT2D eigenvalue weighted by atomic mass is 32.2. The van der Waals surface area contributed by atoms with Crippen molar-refractivity contribution in [3.05, 3.63) is 51.2 Å². The molecule has 0 bridgehead atoms. The fourth-order valence-corrected chi connectivity index (χ4v) is 6.50. The molecule has 0 radical (unpaired) electrons. The average molecular weight is 391 g/mol. The lowest BCUT2D eigenvalue weighted by Crippen LogP contribution is -2.47. The molecule has 0 atom stereocenters. The van der Waals surface area contributed by atoms with Crippen molar-refractivity contribution in [2.75, 3.05) is 19.6 Å². The van der Waals surface area contributed by atoms with Crippen LogP contribution in [0.25, 0.3) is 0 Å². The lowest BCUT2D eigenvalue weighted by Gasteiger charge is -2.39. The SMILES string of the molecule is Cc1ccc(S(=O)(=O)N2CCC(N3CCc4sccc4C3)CC2)cc1C. The van der Waals surface area contributed by atoms with Crippen LogP contribution in [0.2, 0.25) is 0 Å². The molecule has 0 spiro atoms. The summed E-state index contributed by atoms with van der Waals surface area (Å²) >= 11 is 1.86. The largest absolute Gasteiger partial charge is 0.296 e. The molecular formula is C20H26N2O2S2. The molecule has 2 aliphatic rings. The minimum atomic E-state index is -3.38. The molecule has 0 amide bonds. The topological polar surface area (TPSA) is 40.6 Å². The van der Waals surface area contributed by atoms with Gasteiger partial charge in [0.25, 0.3) is 0 Å². The lowest BCUT2D eigenvalue weighted by atomic mass is 10.0. The fraction of sp³-hybridized carbons (Fsp3) is 0.500. The van der Waals surface area contributed by atoms with Crippen molar-refractivity contribution in [3.8, 4) is 0 Å². The third kappa shape index (κ3) is 3.36. The highest BCUT2D eigenvalue weighted by molar-refractivity contribution is 7.89. The van der Waals surface area contributed by atoms with Gasteiger partial charge in [0.05, 0.1) is 4.90 Å². The molecule has 140 valence electrons. The second-order valence-electron chi connectivity index (χ2n) is 7.47. The summed E-state index contributed by atoms with van der Waals surface area (Å²) in [4.78, 5) is 4.51. The summed E-state index contributed by atoms with van der Waals surface area (Å²) in [5.41, 5.74) is 3.62. The number of sulfonamides is 1. The van der Waals surface area contributed by atoms with Gasteiger partial charge >= 0.3 is 0 Å². The molecule has 1 aromatic carbocycles. The van der Waals surface area contributed by atoms with E-state index in [1.54, 1.807) is 16.4 Å². The Kier molecular flexibility index (Phi) is 4.94. The minimum Gasteiger partial charge on any atom is -0.296 e. The molecule has 1 aromatic heterocycles. The van der Waals surface area contributed by atoms with Gasteiger partial charge in [-0.3, -0.25) is 4.90 Å². The number of piperidine rings is 1. The first-order chi connectivity index (χ1) is 12.4. The van der Waals surface area contributed by atoms with E-state index in [0.29, 0.717) is 24.0 Å². The minimum absolute atomic E-state index is 0.430. The highest BCUT2D eigenvalue weighted by Gasteiger charge is 2.33. The van der Waals surface area contributed by atoms with Gasteiger partial charge in [0.2, 0.25) is 10.0 Å². The van der Waals surface area contributed by atoms with Crippen LogP contribution in [0.1, 0.15) is 34.4 Å². The Morgan fingerprint density at radius 1 is 1.04 bits per heavy atom. The summed E-state index contributed by atoms with van der Waals surface area (Å²) in [7, 11) is -3.38. The van der Waals surface area contributed by atoms with Crippen LogP contribution in [-0.2, 0) is 23.0 Å². The second-order valence-corrected chi connectivity index (χ2v) is 10.4. The molecule has 1 saturated heterocycles. The summed E-state index contributed by atoms with van der Waals surface area (Å²) in [6, 6.07) is 8.19. The molecule has 6 heteroatoms. The van der Waals surface area contributed by atoms with Gasteiger partial charge < -0.3 is 0 Å². The van der Waals surface area contributed by atoms with Gasteiger partial charge in [-0.25, -0.2) is 8.42 Å². The van der Waals surface area contributed by atoms with Gasteiger partial charge in [-0.1, -0.05) is 6.07 Å². The number of hydrogen-bond donors (Lipinski definition) is 0. The summed E-state index contributed by atoms with van der Waals surface area (Å²) in [5, 5.41) is 2.19. The van der Waals surface area contributed by atoms with Crippen molar-refractivity contribution in [1.82, 2.24) is 9.21 Å². The second kappa shape index (κ2) is 7.08. The standard InChI is InChI=1S/C20H26N2O2S2/c1-15-3-4-19(13-16(15)2)26(23,24)22-10-5-18(6-11-22)21-9-7-20-17(14-21)8-12-25-20/h3-4,8,12-13,18H,5-7,9-11,14H2,1-2H3. The van der Waals surface area contributed by atoms with Crippen LogP contribution < -0.4 is 0 Å². The average Bonchev–Trinajstić information content (AvgIpc) is 3.11. The van der Waals surface area contributed by atoms with Gasteiger partial charge in [0, 0.05) is 37.1 Å². The molecule has 3 heterocycles. The maximum atomic E-state index is 13.0. The van der Waals surface area contributed by atoms with Crippen molar-refractivity contribution in [2.45, 2.75) is 50.6 Å². The normalized spacial score (nSPS) is 20.2. The third-order valence-electron chi connectivity index (χ3n) is 5.89. The zero-order chi connectivity index (χ0) is 18.3. The van der Waals surface area contributed by atoms with E-state index in [0.717, 1.165) is 43.5 Å². The number of fused-ring (bicyclic) bond motifs is 1. The van der Waals surface area contributed by atoms with Crippen molar-refractivity contribution in [2.24, 2.45) is 0 Å². The van der Waals surface area contributed by atoms with E-state index in [2.05, 4.69) is 16.3 Å². The Labute approximate surface area is 160 Å². The predicted molar refractivity (Wildman–Crippen MR) is 106 cm³/mol. The Bertz CT molecular complexity index is 896. The van der Waals surface area contributed by atoms with Crippen LogP contribution in [0.4, 0.5) is 0 Å². The third-order valence-corrected chi connectivity index (χ3v) is 8.81. The number of rotatable bonds is 3. The van der Waals surface area contributed by atoms with Gasteiger partial charge in [-0.2, -0.15) is 4.31 Å². The summed E-state index contributed by atoms with van der Waals surface area (Å²) < 4.78 is 27.6. The maximum Gasteiger partial charge on any atom is 0.243 e. The van der Waals surface area contributed by atoms with Crippen molar-refractivity contribution in [1.29, 1.82) is 0 Å². The van der Waals surface area contributed by atoms with E-state index in [4.69, 9.17) is 0 Å². The number of hydrogen-bond acceptors (Lipinski definition) is 4. The Balaban J connectivity index is 1.42. The molecule has 2 aromatic rings. The van der Waals surface area contributed by atoms with Crippen LogP contribution >= 0.6 is 11.3 Å². The number of thiophene rings is 1. The number of benzene rings is 1. The van der Waals surface area contributed by atoms with E-state index < -0.39 is 10.0 Å². The Hall–Kier alpha value is -1.21. The van der Waals surface area contributed by atoms with Gasteiger partial charge in [0.15, 0.2) is 0 Å². The van der Waals surface area contributed by atoms with E-state index in [9.17, 15) is 8.42 Å². The zero-order valence-corrected chi connectivity index (χ0v) is 17.1. The first kappa shape index (κ1) is 18.2. The van der Waals surface area contributed by atoms with Crippen molar-refractivity contribution >= 4 is 21.4 Å². The molecule has 0 unspecified atom stereocenters. The molecule has 0 aliphatic carbocycles. The molecule has 2 aliphatic heterocycles. The summed E-state index contributed by atoms with van der Waals surface area (Å²) in [6.07, 6.45) is 2.97. The number of aryl methyl sites for hydroxylation is 2. The van der Waals surface area contributed by atoms with Crippen LogP contribution in [-0.4, -0.2) is 43.3 Å². The molecule has 26 heavy (non-hydrogen) atoms. The van der Waals surface area contributed by atoms with Crippen LogP contribution in [0.3, 0.4) is 0 Å². The molecule has 4 rings (SSSR count). The van der Waals surface area contributed by atoms with Crippen LogP contribution in [0.5, 0.6) is 0 Å². The zero-order valence-electron chi connectivity index (χ0n) is 15.4. The maximum absolute atomic E-state index is 13.0. The van der Waals surface area contributed by atoms with Gasteiger partial charge in [0.1, 0.15) is 0 Å².